The number of aromatic nitrogens is 4. The Hall–Kier alpha value is -2.88. The SMILES string of the molecule is CCCOc1ccc(NS(C)(=O)=O)cc1-c1nc2[nH]nc(C)c2c(=O)n1C. The summed E-state index contributed by atoms with van der Waals surface area (Å²) in [4.78, 5) is 17.3. The second-order valence-electron chi connectivity index (χ2n) is 6.27. The van der Waals surface area contributed by atoms with Crippen LogP contribution in [-0.2, 0) is 17.1 Å². The van der Waals surface area contributed by atoms with E-state index in [-0.39, 0.29) is 5.56 Å². The average Bonchev–Trinajstić information content (AvgIpc) is 2.96. The van der Waals surface area contributed by atoms with Crippen LogP contribution in [0.15, 0.2) is 23.0 Å². The van der Waals surface area contributed by atoms with Gasteiger partial charge < -0.3 is 4.74 Å². The van der Waals surface area contributed by atoms with E-state index < -0.39 is 10.0 Å². The Labute approximate surface area is 156 Å². The molecule has 2 heterocycles. The molecule has 0 unspecified atom stereocenters. The highest BCUT2D eigenvalue weighted by atomic mass is 32.2. The molecule has 0 saturated carbocycles. The van der Waals surface area contributed by atoms with Crippen molar-refractivity contribution in [2.24, 2.45) is 7.05 Å². The first kappa shape index (κ1) is 18.9. The van der Waals surface area contributed by atoms with Gasteiger partial charge in [0.2, 0.25) is 10.0 Å². The van der Waals surface area contributed by atoms with Crippen LogP contribution in [0.4, 0.5) is 5.69 Å². The van der Waals surface area contributed by atoms with Crippen LogP contribution in [0.25, 0.3) is 22.4 Å². The Morgan fingerprint density at radius 2 is 2.07 bits per heavy atom. The lowest BCUT2D eigenvalue weighted by atomic mass is 10.1. The van der Waals surface area contributed by atoms with Crippen molar-refractivity contribution in [3.05, 3.63) is 34.2 Å². The number of ether oxygens (including phenoxy) is 1. The Morgan fingerprint density at radius 1 is 1.33 bits per heavy atom. The van der Waals surface area contributed by atoms with E-state index in [2.05, 4.69) is 19.9 Å². The van der Waals surface area contributed by atoms with E-state index >= 15 is 0 Å². The van der Waals surface area contributed by atoms with Crippen LogP contribution in [0.2, 0.25) is 0 Å². The lowest BCUT2D eigenvalue weighted by molar-refractivity contribution is 0.318. The van der Waals surface area contributed by atoms with Gasteiger partial charge in [-0.3, -0.25) is 19.2 Å². The Balaban J connectivity index is 2.24. The smallest absolute Gasteiger partial charge is 0.264 e. The number of aryl methyl sites for hydroxylation is 1. The lowest BCUT2D eigenvalue weighted by Gasteiger charge is -2.15. The zero-order valence-corrected chi connectivity index (χ0v) is 16.3. The fourth-order valence-electron chi connectivity index (χ4n) is 2.76. The van der Waals surface area contributed by atoms with Crippen molar-refractivity contribution in [1.29, 1.82) is 0 Å². The topological polar surface area (TPSA) is 119 Å². The number of rotatable bonds is 6. The summed E-state index contributed by atoms with van der Waals surface area (Å²) in [5.74, 6) is 0.855. The standard InChI is InChI=1S/C17H21N5O4S/c1-5-8-26-13-7-6-11(21-27(4,24)25)9-12(13)16-18-15-14(10(2)19-20-15)17(23)22(16)3/h6-7,9,21H,5,8H2,1-4H3,(H,19,20). The molecule has 0 saturated heterocycles. The van der Waals surface area contributed by atoms with Crippen molar-refractivity contribution in [2.45, 2.75) is 20.3 Å². The molecular formula is C17H21N5O4S. The van der Waals surface area contributed by atoms with Gasteiger partial charge in [0.1, 0.15) is 17.0 Å². The number of hydrogen-bond donors (Lipinski definition) is 2. The monoisotopic (exact) mass is 391 g/mol. The normalized spacial score (nSPS) is 11.7. The highest BCUT2D eigenvalue weighted by Gasteiger charge is 2.18. The number of sulfonamides is 1. The van der Waals surface area contributed by atoms with Crippen LogP contribution in [0.3, 0.4) is 0 Å². The molecule has 144 valence electrons. The van der Waals surface area contributed by atoms with Crippen molar-refractivity contribution in [1.82, 2.24) is 19.7 Å². The third-order valence-corrected chi connectivity index (χ3v) is 4.57. The maximum atomic E-state index is 12.8. The highest BCUT2D eigenvalue weighted by Crippen LogP contribution is 2.32. The van der Waals surface area contributed by atoms with Crippen LogP contribution in [0, 0.1) is 6.92 Å². The average molecular weight is 391 g/mol. The number of nitrogens with one attached hydrogen (secondary N) is 2. The molecule has 0 aliphatic carbocycles. The van der Waals surface area contributed by atoms with Crippen LogP contribution >= 0.6 is 0 Å². The number of nitrogens with zero attached hydrogens (tertiary/aromatic N) is 3. The summed E-state index contributed by atoms with van der Waals surface area (Å²) in [5.41, 5.74) is 1.55. The van der Waals surface area contributed by atoms with Gasteiger partial charge in [0.05, 0.1) is 24.1 Å². The minimum absolute atomic E-state index is 0.246. The molecule has 10 heteroatoms. The van der Waals surface area contributed by atoms with Gasteiger partial charge >= 0.3 is 0 Å². The molecule has 0 aliphatic rings. The van der Waals surface area contributed by atoms with E-state index in [1.165, 1.54) is 4.57 Å². The van der Waals surface area contributed by atoms with E-state index in [1.807, 2.05) is 6.92 Å². The zero-order chi connectivity index (χ0) is 19.8. The Morgan fingerprint density at radius 3 is 2.74 bits per heavy atom. The van der Waals surface area contributed by atoms with Gasteiger partial charge in [-0.1, -0.05) is 6.92 Å². The number of H-pyrrole nitrogens is 1. The molecule has 0 atom stereocenters. The van der Waals surface area contributed by atoms with Gasteiger partial charge in [0.15, 0.2) is 5.65 Å². The summed E-state index contributed by atoms with van der Waals surface area (Å²) in [6, 6.07) is 4.86. The lowest BCUT2D eigenvalue weighted by Crippen LogP contribution is -2.20. The Bertz CT molecular complexity index is 1160. The minimum atomic E-state index is -3.45. The summed E-state index contributed by atoms with van der Waals surface area (Å²) in [5, 5.41) is 7.22. The van der Waals surface area contributed by atoms with Crippen LogP contribution in [0.1, 0.15) is 19.0 Å². The fourth-order valence-corrected chi connectivity index (χ4v) is 3.32. The molecule has 0 spiro atoms. The molecule has 2 aromatic heterocycles. The molecule has 0 amide bonds. The molecule has 3 aromatic rings. The second kappa shape index (κ2) is 7.03. The van der Waals surface area contributed by atoms with Crippen molar-refractivity contribution in [3.63, 3.8) is 0 Å². The predicted octanol–water partition coefficient (Wildman–Crippen LogP) is 1.79. The van der Waals surface area contributed by atoms with E-state index in [4.69, 9.17) is 4.74 Å². The first-order chi connectivity index (χ1) is 12.7. The van der Waals surface area contributed by atoms with E-state index in [9.17, 15) is 13.2 Å². The van der Waals surface area contributed by atoms with Gasteiger partial charge in [0.25, 0.3) is 5.56 Å². The fraction of sp³-hybridized carbons (Fsp3) is 0.353. The zero-order valence-electron chi connectivity index (χ0n) is 15.5. The molecule has 9 nitrogen and oxygen atoms in total. The first-order valence-corrected chi connectivity index (χ1v) is 10.3. The van der Waals surface area contributed by atoms with E-state index in [0.717, 1.165) is 12.7 Å². The molecule has 0 bridgehead atoms. The van der Waals surface area contributed by atoms with Gasteiger partial charge in [-0.15, -0.1) is 0 Å². The van der Waals surface area contributed by atoms with E-state index in [1.54, 1.807) is 32.2 Å². The first-order valence-electron chi connectivity index (χ1n) is 8.38. The molecule has 27 heavy (non-hydrogen) atoms. The number of benzene rings is 1. The largest absolute Gasteiger partial charge is 0.493 e. The molecule has 1 aromatic carbocycles. The molecule has 3 rings (SSSR count). The molecule has 2 N–H and O–H groups in total. The van der Waals surface area contributed by atoms with Crippen LogP contribution in [0.5, 0.6) is 5.75 Å². The Kier molecular flexibility index (Phi) is 4.92. The summed E-state index contributed by atoms with van der Waals surface area (Å²) in [6.45, 7) is 4.19. The quantitative estimate of drug-likeness (QED) is 0.661. The molecular weight excluding hydrogens is 370 g/mol. The van der Waals surface area contributed by atoms with Crippen molar-refractivity contribution >= 4 is 26.7 Å². The van der Waals surface area contributed by atoms with Crippen molar-refractivity contribution in [3.8, 4) is 17.1 Å². The van der Waals surface area contributed by atoms with Gasteiger partial charge in [-0.2, -0.15) is 5.10 Å². The summed E-state index contributed by atoms with van der Waals surface area (Å²) in [7, 11) is -1.84. The van der Waals surface area contributed by atoms with Crippen LogP contribution in [-0.4, -0.2) is 41.0 Å². The van der Waals surface area contributed by atoms with Crippen molar-refractivity contribution < 1.29 is 13.2 Å². The van der Waals surface area contributed by atoms with E-state index in [0.29, 0.717) is 46.2 Å². The second-order valence-corrected chi connectivity index (χ2v) is 8.01. The number of aromatic amines is 1. The van der Waals surface area contributed by atoms with Crippen LogP contribution < -0.4 is 15.0 Å². The number of hydrogen-bond acceptors (Lipinski definition) is 6. The molecule has 0 fully saturated rings. The summed E-state index contributed by atoms with van der Waals surface area (Å²) in [6.07, 6.45) is 1.87. The molecule has 0 aliphatic heterocycles. The molecule has 0 radical (unpaired) electrons. The summed E-state index contributed by atoms with van der Waals surface area (Å²) < 4.78 is 32.8. The predicted molar refractivity (Wildman–Crippen MR) is 104 cm³/mol. The number of fused-ring (bicyclic) bond motifs is 1. The van der Waals surface area contributed by atoms with Gasteiger partial charge in [-0.25, -0.2) is 13.4 Å². The van der Waals surface area contributed by atoms with Gasteiger partial charge in [-0.05, 0) is 31.5 Å². The maximum Gasteiger partial charge on any atom is 0.264 e. The summed E-state index contributed by atoms with van der Waals surface area (Å²) >= 11 is 0. The maximum absolute atomic E-state index is 12.8. The third kappa shape index (κ3) is 3.80. The highest BCUT2D eigenvalue weighted by molar-refractivity contribution is 7.92. The third-order valence-electron chi connectivity index (χ3n) is 3.97. The number of anilines is 1. The minimum Gasteiger partial charge on any atom is -0.493 e. The van der Waals surface area contributed by atoms with Crippen molar-refractivity contribution in [2.75, 3.05) is 17.6 Å². The van der Waals surface area contributed by atoms with Gasteiger partial charge in [0, 0.05) is 12.7 Å².